The van der Waals surface area contributed by atoms with Gasteiger partial charge in [0, 0.05) is 24.2 Å². The summed E-state index contributed by atoms with van der Waals surface area (Å²) in [6, 6.07) is 12.7. The highest BCUT2D eigenvalue weighted by Gasteiger charge is 2.31. The van der Waals surface area contributed by atoms with E-state index in [0.29, 0.717) is 0 Å². The summed E-state index contributed by atoms with van der Waals surface area (Å²) in [5, 5.41) is 14.4. The van der Waals surface area contributed by atoms with E-state index < -0.39 is 41.9 Å². The highest BCUT2D eigenvalue weighted by molar-refractivity contribution is 6.00. The quantitative estimate of drug-likeness (QED) is 0.388. The molecule has 3 aromatic rings. The van der Waals surface area contributed by atoms with Crippen LogP contribution in [-0.4, -0.2) is 16.9 Å². The number of rotatable bonds is 7. The van der Waals surface area contributed by atoms with Crippen molar-refractivity contribution in [1.82, 2.24) is 10.6 Å². The molecule has 0 fully saturated rings. The molecule has 0 bridgehead atoms. The van der Waals surface area contributed by atoms with Crippen LogP contribution in [0.4, 0.5) is 26.3 Å². The van der Waals surface area contributed by atoms with E-state index in [9.17, 15) is 41.0 Å². The number of amides is 2. The summed E-state index contributed by atoms with van der Waals surface area (Å²) in [4.78, 5) is 25.2. The van der Waals surface area contributed by atoms with Crippen LogP contribution in [0, 0.1) is 0 Å². The van der Waals surface area contributed by atoms with Crippen LogP contribution in [0.15, 0.2) is 66.7 Å². The van der Waals surface area contributed by atoms with Gasteiger partial charge in [0.2, 0.25) is 0 Å². The van der Waals surface area contributed by atoms with Gasteiger partial charge in [-0.2, -0.15) is 26.3 Å². The van der Waals surface area contributed by atoms with Crippen molar-refractivity contribution in [2.75, 3.05) is 0 Å². The molecule has 2 amide bonds. The van der Waals surface area contributed by atoms with Gasteiger partial charge < -0.3 is 15.7 Å². The molecule has 0 atom stereocenters. The summed E-state index contributed by atoms with van der Waals surface area (Å²) >= 11 is 0. The molecule has 0 aliphatic carbocycles. The number of carbonyl (C=O) groups excluding carboxylic acids is 2. The highest BCUT2D eigenvalue weighted by atomic mass is 19.4. The van der Waals surface area contributed by atoms with Crippen molar-refractivity contribution >= 4 is 11.8 Å². The van der Waals surface area contributed by atoms with Crippen LogP contribution in [-0.2, 0) is 32.0 Å². The topological polar surface area (TPSA) is 78.4 Å². The van der Waals surface area contributed by atoms with E-state index in [2.05, 4.69) is 10.6 Å². The largest absolute Gasteiger partial charge is 0.416 e. The Morgan fingerprint density at radius 2 is 1.06 bits per heavy atom. The van der Waals surface area contributed by atoms with E-state index in [0.717, 1.165) is 24.3 Å². The molecule has 0 aliphatic rings. The number of aliphatic hydroxyl groups is 1. The summed E-state index contributed by atoms with van der Waals surface area (Å²) in [6.45, 7) is -0.949. The molecule has 0 aliphatic heterocycles. The number of aliphatic hydroxyl groups excluding tert-OH is 1. The Bertz CT molecular complexity index is 1160. The molecule has 5 nitrogen and oxygen atoms in total. The summed E-state index contributed by atoms with van der Waals surface area (Å²) in [7, 11) is 0. The standard InChI is InChI=1S/C25H20F6N2O3/c26-24(27,28)20-5-1-3-15(9-20)12-32-22(35)18-7-17(14-34)8-19(11-18)23(36)33-13-16-4-2-6-21(10-16)25(29,30)31/h1-11,34H,12-14H2,(H,32,35)(H,33,36). The van der Waals surface area contributed by atoms with E-state index in [1.54, 1.807) is 0 Å². The molecule has 0 saturated heterocycles. The van der Waals surface area contributed by atoms with E-state index in [4.69, 9.17) is 0 Å². The zero-order valence-electron chi connectivity index (χ0n) is 18.5. The maximum absolute atomic E-state index is 12.9. The van der Waals surface area contributed by atoms with Crippen LogP contribution in [0.25, 0.3) is 0 Å². The summed E-state index contributed by atoms with van der Waals surface area (Å²) < 4.78 is 77.3. The van der Waals surface area contributed by atoms with Gasteiger partial charge in [0.1, 0.15) is 0 Å². The van der Waals surface area contributed by atoms with Crippen LogP contribution in [0.2, 0.25) is 0 Å². The molecule has 0 spiro atoms. The zero-order valence-corrected chi connectivity index (χ0v) is 18.5. The Labute approximate surface area is 201 Å². The highest BCUT2D eigenvalue weighted by Crippen LogP contribution is 2.30. The molecule has 0 heterocycles. The third-order valence-electron chi connectivity index (χ3n) is 5.11. The first kappa shape index (κ1) is 26.7. The third kappa shape index (κ3) is 7.08. The predicted molar refractivity (Wildman–Crippen MR) is 118 cm³/mol. The van der Waals surface area contributed by atoms with E-state index in [1.807, 2.05) is 0 Å². The van der Waals surface area contributed by atoms with Gasteiger partial charge in [0.15, 0.2) is 0 Å². The number of hydrogen-bond donors (Lipinski definition) is 3. The Hall–Kier alpha value is -3.86. The number of carbonyl (C=O) groups is 2. The van der Waals surface area contributed by atoms with Gasteiger partial charge in [-0.1, -0.05) is 24.3 Å². The normalized spacial score (nSPS) is 11.8. The van der Waals surface area contributed by atoms with Crippen molar-refractivity contribution in [1.29, 1.82) is 0 Å². The number of halogens is 6. The van der Waals surface area contributed by atoms with E-state index >= 15 is 0 Å². The van der Waals surface area contributed by atoms with Crippen molar-refractivity contribution < 1.29 is 41.0 Å². The minimum Gasteiger partial charge on any atom is -0.392 e. The van der Waals surface area contributed by atoms with Gasteiger partial charge in [-0.05, 0) is 59.2 Å². The number of nitrogens with one attached hydrogen (secondary N) is 2. The maximum atomic E-state index is 12.9. The molecular formula is C25H20F6N2O3. The second-order valence-corrected chi connectivity index (χ2v) is 7.84. The average molecular weight is 510 g/mol. The summed E-state index contributed by atoms with van der Waals surface area (Å²) in [6.07, 6.45) is -9.07. The fourth-order valence-corrected chi connectivity index (χ4v) is 3.33. The lowest BCUT2D eigenvalue weighted by molar-refractivity contribution is -0.138. The average Bonchev–Trinajstić information content (AvgIpc) is 2.84. The minimum atomic E-state index is -4.54. The van der Waals surface area contributed by atoms with Crippen LogP contribution in [0.1, 0.15) is 48.5 Å². The van der Waals surface area contributed by atoms with Gasteiger partial charge in [-0.25, -0.2) is 0 Å². The molecule has 11 heteroatoms. The first-order valence-electron chi connectivity index (χ1n) is 10.5. The third-order valence-corrected chi connectivity index (χ3v) is 5.11. The molecule has 0 unspecified atom stereocenters. The van der Waals surface area contributed by atoms with Crippen LogP contribution in [0.3, 0.4) is 0 Å². The Balaban J connectivity index is 1.71. The lowest BCUT2D eigenvalue weighted by atomic mass is 10.0. The van der Waals surface area contributed by atoms with Gasteiger partial charge >= 0.3 is 12.4 Å². The Morgan fingerprint density at radius 3 is 1.42 bits per heavy atom. The second-order valence-electron chi connectivity index (χ2n) is 7.84. The van der Waals surface area contributed by atoms with Gasteiger partial charge in [-0.15, -0.1) is 0 Å². The van der Waals surface area contributed by atoms with E-state index in [1.165, 1.54) is 42.5 Å². The van der Waals surface area contributed by atoms with Gasteiger partial charge in [0.25, 0.3) is 11.8 Å². The minimum absolute atomic E-state index is 0.0299. The smallest absolute Gasteiger partial charge is 0.392 e. The zero-order chi connectivity index (χ0) is 26.5. The van der Waals surface area contributed by atoms with Crippen molar-refractivity contribution in [3.63, 3.8) is 0 Å². The van der Waals surface area contributed by atoms with Crippen molar-refractivity contribution in [2.45, 2.75) is 32.0 Å². The lowest BCUT2D eigenvalue weighted by Crippen LogP contribution is -2.26. The van der Waals surface area contributed by atoms with Gasteiger partial charge in [-0.3, -0.25) is 9.59 Å². The van der Waals surface area contributed by atoms with Crippen molar-refractivity contribution in [3.8, 4) is 0 Å². The fourth-order valence-electron chi connectivity index (χ4n) is 3.33. The Morgan fingerprint density at radius 1 is 0.639 bits per heavy atom. The van der Waals surface area contributed by atoms with Crippen LogP contribution in [0.5, 0.6) is 0 Å². The van der Waals surface area contributed by atoms with Crippen molar-refractivity contribution in [2.24, 2.45) is 0 Å². The summed E-state index contributed by atoms with van der Waals surface area (Å²) in [5.41, 5.74) is -1.17. The maximum Gasteiger partial charge on any atom is 0.416 e. The molecule has 3 rings (SSSR count). The predicted octanol–water partition coefficient (Wildman–Crippen LogP) is 5.08. The molecule has 0 saturated carbocycles. The molecule has 0 radical (unpaired) electrons. The van der Waals surface area contributed by atoms with Crippen molar-refractivity contribution in [3.05, 3.63) is 106 Å². The van der Waals surface area contributed by atoms with Gasteiger partial charge in [0.05, 0.1) is 17.7 Å². The van der Waals surface area contributed by atoms with E-state index in [-0.39, 0.29) is 40.9 Å². The fraction of sp³-hybridized carbons (Fsp3) is 0.200. The molecule has 3 aromatic carbocycles. The van der Waals surface area contributed by atoms with Crippen LogP contribution < -0.4 is 10.6 Å². The molecular weight excluding hydrogens is 490 g/mol. The Kier molecular flexibility index (Phi) is 8.03. The monoisotopic (exact) mass is 510 g/mol. The molecule has 0 aromatic heterocycles. The number of alkyl halides is 6. The number of benzene rings is 3. The first-order chi connectivity index (χ1) is 16.9. The second kappa shape index (κ2) is 10.8. The first-order valence-corrected chi connectivity index (χ1v) is 10.5. The SMILES string of the molecule is O=C(NCc1cccc(C(F)(F)F)c1)c1cc(CO)cc(C(=O)NCc2cccc(C(F)(F)F)c2)c1. The van der Waals surface area contributed by atoms with Crippen LogP contribution >= 0.6 is 0 Å². The molecule has 3 N–H and O–H groups in total. The number of hydrogen-bond acceptors (Lipinski definition) is 3. The molecule has 36 heavy (non-hydrogen) atoms. The summed E-state index contributed by atoms with van der Waals surface area (Å²) in [5.74, 6) is -1.40. The lowest BCUT2D eigenvalue weighted by Gasteiger charge is -2.12. The molecule has 190 valence electrons.